The van der Waals surface area contributed by atoms with Crippen LogP contribution in [-0.2, 0) is 5.54 Å². The Morgan fingerprint density at radius 2 is 2.14 bits per heavy atom. The molecule has 0 heterocycles. The first-order chi connectivity index (χ1) is 6.47. The number of phenolic OH excluding ortho intramolecular Hbond substituents is 1. The van der Waals surface area contributed by atoms with Crippen LogP contribution in [0.4, 0.5) is 0 Å². The van der Waals surface area contributed by atoms with Crippen LogP contribution in [0.15, 0.2) is 18.2 Å². The zero-order valence-corrected chi connectivity index (χ0v) is 8.75. The van der Waals surface area contributed by atoms with Crippen molar-refractivity contribution in [2.24, 2.45) is 5.73 Å². The molecule has 1 aromatic carbocycles. The van der Waals surface area contributed by atoms with Gasteiger partial charge in [0.1, 0.15) is 5.75 Å². The van der Waals surface area contributed by atoms with Crippen molar-refractivity contribution in [1.29, 1.82) is 0 Å². The fourth-order valence-electron chi connectivity index (χ4n) is 1.33. The van der Waals surface area contributed by atoms with Crippen molar-refractivity contribution in [3.05, 3.63) is 28.8 Å². The molecule has 0 spiro atoms. The van der Waals surface area contributed by atoms with E-state index in [0.29, 0.717) is 17.0 Å². The van der Waals surface area contributed by atoms with Crippen molar-refractivity contribution in [2.75, 3.05) is 6.61 Å². The predicted molar refractivity (Wildman–Crippen MR) is 56.4 cm³/mol. The standard InChI is InChI=1S/C10H14ClNO2/c1-10(12,4-5-13)8-6-7(11)2-3-9(8)14/h2-3,6,13-14H,4-5,12H2,1H3/t10-/m0/s1. The van der Waals surface area contributed by atoms with Crippen LogP contribution in [0.3, 0.4) is 0 Å². The van der Waals surface area contributed by atoms with Gasteiger partial charge in [0.05, 0.1) is 0 Å². The summed E-state index contributed by atoms with van der Waals surface area (Å²) in [6.45, 7) is 1.72. The van der Waals surface area contributed by atoms with Gasteiger partial charge in [0.2, 0.25) is 0 Å². The Labute approximate surface area is 88.1 Å². The van der Waals surface area contributed by atoms with Crippen LogP contribution in [0.2, 0.25) is 5.02 Å². The summed E-state index contributed by atoms with van der Waals surface area (Å²) in [5.41, 5.74) is 5.73. The van der Waals surface area contributed by atoms with Crippen molar-refractivity contribution >= 4 is 11.6 Å². The molecular weight excluding hydrogens is 202 g/mol. The first-order valence-corrected chi connectivity index (χ1v) is 4.74. The van der Waals surface area contributed by atoms with Gasteiger partial charge in [-0.05, 0) is 31.5 Å². The Morgan fingerprint density at radius 1 is 1.50 bits per heavy atom. The second kappa shape index (κ2) is 4.17. The van der Waals surface area contributed by atoms with Gasteiger partial charge in [0, 0.05) is 22.7 Å². The van der Waals surface area contributed by atoms with Crippen LogP contribution in [0.1, 0.15) is 18.9 Å². The van der Waals surface area contributed by atoms with Crippen LogP contribution < -0.4 is 5.73 Å². The number of aliphatic hydroxyl groups is 1. The average molecular weight is 216 g/mol. The molecule has 1 rings (SSSR count). The molecule has 0 saturated carbocycles. The van der Waals surface area contributed by atoms with Gasteiger partial charge >= 0.3 is 0 Å². The van der Waals surface area contributed by atoms with Crippen molar-refractivity contribution in [2.45, 2.75) is 18.9 Å². The normalized spacial score (nSPS) is 15.1. The molecule has 0 aliphatic rings. The third-order valence-electron chi connectivity index (χ3n) is 2.21. The number of hydrogen-bond donors (Lipinski definition) is 3. The molecule has 0 aromatic heterocycles. The smallest absolute Gasteiger partial charge is 0.120 e. The Balaban J connectivity index is 3.10. The molecule has 1 aromatic rings. The highest BCUT2D eigenvalue weighted by Gasteiger charge is 2.23. The summed E-state index contributed by atoms with van der Waals surface area (Å²) in [6.07, 6.45) is 0.376. The zero-order chi connectivity index (χ0) is 10.8. The minimum atomic E-state index is -0.760. The number of halogens is 1. The molecule has 0 unspecified atom stereocenters. The fraction of sp³-hybridized carbons (Fsp3) is 0.400. The van der Waals surface area contributed by atoms with E-state index in [0.717, 1.165) is 0 Å². The molecule has 0 amide bonds. The van der Waals surface area contributed by atoms with E-state index >= 15 is 0 Å². The minimum absolute atomic E-state index is 0.0288. The lowest BCUT2D eigenvalue weighted by atomic mass is 9.89. The number of aromatic hydroxyl groups is 1. The lowest BCUT2D eigenvalue weighted by molar-refractivity contribution is 0.245. The van der Waals surface area contributed by atoms with Crippen molar-refractivity contribution in [1.82, 2.24) is 0 Å². The van der Waals surface area contributed by atoms with Gasteiger partial charge < -0.3 is 15.9 Å². The molecule has 14 heavy (non-hydrogen) atoms. The van der Waals surface area contributed by atoms with Crippen LogP contribution in [0.5, 0.6) is 5.75 Å². The van der Waals surface area contributed by atoms with Crippen LogP contribution in [0.25, 0.3) is 0 Å². The maximum absolute atomic E-state index is 9.58. The van der Waals surface area contributed by atoms with Gasteiger partial charge in [-0.2, -0.15) is 0 Å². The second-order valence-electron chi connectivity index (χ2n) is 3.55. The van der Waals surface area contributed by atoms with Crippen LogP contribution >= 0.6 is 11.6 Å². The summed E-state index contributed by atoms with van der Waals surface area (Å²) in [4.78, 5) is 0. The summed E-state index contributed by atoms with van der Waals surface area (Å²) < 4.78 is 0. The SMILES string of the molecule is C[C@](N)(CCO)c1cc(Cl)ccc1O. The van der Waals surface area contributed by atoms with E-state index in [1.54, 1.807) is 19.1 Å². The molecule has 0 bridgehead atoms. The largest absolute Gasteiger partial charge is 0.508 e. The topological polar surface area (TPSA) is 66.5 Å². The van der Waals surface area contributed by atoms with Crippen molar-refractivity contribution in [3.8, 4) is 5.75 Å². The van der Waals surface area contributed by atoms with Gasteiger partial charge in [0.25, 0.3) is 0 Å². The summed E-state index contributed by atoms with van der Waals surface area (Å²) in [7, 11) is 0. The van der Waals surface area contributed by atoms with E-state index < -0.39 is 5.54 Å². The quantitative estimate of drug-likeness (QED) is 0.718. The molecule has 0 fully saturated rings. The molecule has 78 valence electrons. The lowest BCUT2D eigenvalue weighted by Gasteiger charge is -2.25. The van der Waals surface area contributed by atoms with E-state index in [1.807, 2.05) is 0 Å². The Morgan fingerprint density at radius 3 is 2.71 bits per heavy atom. The van der Waals surface area contributed by atoms with E-state index in [9.17, 15) is 5.11 Å². The van der Waals surface area contributed by atoms with E-state index in [4.69, 9.17) is 22.4 Å². The summed E-state index contributed by atoms with van der Waals surface area (Å²) in [6, 6.07) is 4.71. The van der Waals surface area contributed by atoms with Crippen molar-refractivity contribution in [3.63, 3.8) is 0 Å². The predicted octanol–water partition coefficient (Wildman–Crippen LogP) is 1.60. The van der Waals surface area contributed by atoms with E-state index in [1.165, 1.54) is 6.07 Å². The molecule has 4 N–H and O–H groups in total. The average Bonchev–Trinajstić information content (AvgIpc) is 2.09. The summed E-state index contributed by atoms with van der Waals surface area (Å²) in [5, 5.41) is 18.9. The number of phenols is 1. The number of aliphatic hydroxyl groups excluding tert-OH is 1. The Bertz CT molecular complexity index is 326. The molecular formula is C10H14ClNO2. The fourth-order valence-corrected chi connectivity index (χ4v) is 1.50. The molecule has 0 aliphatic heterocycles. The van der Waals surface area contributed by atoms with Crippen LogP contribution in [-0.4, -0.2) is 16.8 Å². The van der Waals surface area contributed by atoms with Gasteiger partial charge in [-0.1, -0.05) is 11.6 Å². The minimum Gasteiger partial charge on any atom is -0.508 e. The van der Waals surface area contributed by atoms with Gasteiger partial charge in [0.15, 0.2) is 0 Å². The second-order valence-corrected chi connectivity index (χ2v) is 3.99. The van der Waals surface area contributed by atoms with E-state index in [2.05, 4.69) is 0 Å². The third-order valence-corrected chi connectivity index (χ3v) is 2.44. The van der Waals surface area contributed by atoms with Gasteiger partial charge in [-0.15, -0.1) is 0 Å². The van der Waals surface area contributed by atoms with Gasteiger partial charge in [-0.25, -0.2) is 0 Å². The molecule has 4 heteroatoms. The molecule has 0 aliphatic carbocycles. The highest BCUT2D eigenvalue weighted by Crippen LogP contribution is 2.31. The summed E-state index contributed by atoms with van der Waals surface area (Å²) >= 11 is 5.79. The maximum atomic E-state index is 9.58. The zero-order valence-electron chi connectivity index (χ0n) is 8.00. The first-order valence-electron chi connectivity index (χ1n) is 4.36. The third kappa shape index (κ3) is 2.38. The van der Waals surface area contributed by atoms with Crippen LogP contribution in [0, 0.1) is 0 Å². The molecule has 1 atom stereocenters. The summed E-state index contributed by atoms with van der Waals surface area (Å²) in [5.74, 6) is 0.104. The van der Waals surface area contributed by atoms with Crippen molar-refractivity contribution < 1.29 is 10.2 Å². The number of benzene rings is 1. The highest BCUT2D eigenvalue weighted by atomic mass is 35.5. The first kappa shape index (κ1) is 11.3. The Kier molecular flexibility index (Phi) is 3.37. The molecule has 0 radical (unpaired) electrons. The highest BCUT2D eigenvalue weighted by molar-refractivity contribution is 6.30. The number of hydrogen-bond acceptors (Lipinski definition) is 3. The molecule has 3 nitrogen and oxygen atoms in total. The number of nitrogens with two attached hydrogens (primary N) is 1. The van der Waals surface area contributed by atoms with Gasteiger partial charge in [-0.3, -0.25) is 0 Å². The monoisotopic (exact) mass is 215 g/mol. The van der Waals surface area contributed by atoms with E-state index in [-0.39, 0.29) is 12.4 Å². The maximum Gasteiger partial charge on any atom is 0.120 e. The Hall–Kier alpha value is -0.770. The number of rotatable bonds is 3. The molecule has 0 saturated heterocycles. The lowest BCUT2D eigenvalue weighted by Crippen LogP contribution is -2.34.